The Labute approximate surface area is 326 Å². The number of hydrogen-bond acceptors (Lipinski definition) is 6. The zero-order chi connectivity index (χ0) is 39.3. The van der Waals surface area contributed by atoms with Crippen molar-refractivity contribution in [2.45, 2.75) is 206 Å². The number of aliphatic carboxylic acids is 1. The summed E-state index contributed by atoms with van der Waals surface area (Å²) in [6, 6.07) is -0.611. The molecule has 0 aliphatic carbocycles. The summed E-state index contributed by atoms with van der Waals surface area (Å²) in [5.74, 6) is -1.46. The second kappa shape index (κ2) is 36.8. The lowest BCUT2D eigenvalue weighted by atomic mass is 10.1. The van der Waals surface area contributed by atoms with Crippen LogP contribution in [0, 0.1) is 0 Å². The number of allylic oxidation sites excluding steroid dienone is 4. The van der Waals surface area contributed by atoms with Crippen molar-refractivity contribution in [3.8, 4) is 0 Å². The molecule has 8 nitrogen and oxygen atoms in total. The van der Waals surface area contributed by atoms with E-state index in [1.54, 1.807) is 0 Å². The number of carboxylic acid groups (broad SMARTS) is 1. The van der Waals surface area contributed by atoms with Gasteiger partial charge in [-0.05, 0) is 38.5 Å². The molecule has 0 bridgehead atoms. The van der Waals surface area contributed by atoms with Gasteiger partial charge in [-0.2, -0.15) is 0 Å². The molecular weight excluding hydrogens is 666 g/mol. The molecule has 1 N–H and O–H groups in total. The van der Waals surface area contributed by atoms with Crippen molar-refractivity contribution in [1.82, 2.24) is 0 Å². The Hall–Kier alpha value is -2.19. The Kier molecular flexibility index (Phi) is 35.2. The molecule has 0 fully saturated rings. The quantitative estimate of drug-likeness (QED) is 0.0289. The van der Waals surface area contributed by atoms with Gasteiger partial charge in [-0.1, -0.05) is 160 Å². The Morgan fingerprint density at radius 2 is 0.981 bits per heavy atom. The lowest BCUT2D eigenvalue weighted by molar-refractivity contribution is -0.887. The number of esters is 2. The third-order valence-corrected chi connectivity index (χ3v) is 9.88. The number of carbonyl (C=O) groups excluding carboxylic acids is 2. The van der Waals surface area contributed by atoms with Crippen molar-refractivity contribution in [2.75, 3.05) is 41.0 Å². The summed E-state index contributed by atoms with van der Waals surface area (Å²) in [4.78, 5) is 36.9. The first-order chi connectivity index (χ1) is 25.6. The van der Waals surface area contributed by atoms with Gasteiger partial charge in [0.25, 0.3) is 0 Å². The molecule has 310 valence electrons. The average Bonchev–Trinajstić information content (AvgIpc) is 3.11. The summed E-state index contributed by atoms with van der Waals surface area (Å²) in [5, 5.41) is 9.60. The number of likely N-dealkylation sites (N-methyl/N-ethyl adjacent to an activating group) is 1. The monoisotopic (exact) mass is 751 g/mol. The van der Waals surface area contributed by atoms with Gasteiger partial charge in [0.05, 0.1) is 34.4 Å². The Morgan fingerprint density at radius 1 is 0.566 bits per heavy atom. The molecule has 2 atom stereocenters. The number of quaternary nitrogens is 1. The van der Waals surface area contributed by atoms with E-state index in [1.165, 1.54) is 122 Å². The molecule has 0 saturated carbocycles. The third-order valence-electron chi connectivity index (χ3n) is 9.88. The number of hydrogen-bond donors (Lipinski definition) is 1. The number of ether oxygens (including phenoxy) is 3. The molecule has 0 spiro atoms. The van der Waals surface area contributed by atoms with Crippen LogP contribution in [0.3, 0.4) is 0 Å². The fourth-order valence-electron chi connectivity index (χ4n) is 6.44. The highest BCUT2D eigenvalue weighted by molar-refractivity contribution is 5.72. The predicted octanol–water partition coefficient (Wildman–Crippen LogP) is 11.7. The highest BCUT2D eigenvalue weighted by Crippen LogP contribution is 2.15. The summed E-state index contributed by atoms with van der Waals surface area (Å²) in [6.45, 7) is 4.70. The molecule has 0 aromatic carbocycles. The topological polar surface area (TPSA) is 99.1 Å². The molecule has 0 aliphatic heterocycles. The number of carboxylic acids is 1. The lowest BCUT2D eigenvalue weighted by Gasteiger charge is -2.31. The number of carbonyl (C=O) groups is 3. The van der Waals surface area contributed by atoms with Crippen LogP contribution < -0.4 is 0 Å². The van der Waals surface area contributed by atoms with Crippen LogP contribution >= 0.6 is 0 Å². The minimum atomic E-state index is -0.874. The first-order valence-corrected chi connectivity index (χ1v) is 21.9. The van der Waals surface area contributed by atoms with Crippen molar-refractivity contribution in [2.24, 2.45) is 0 Å². The predicted molar refractivity (Wildman–Crippen MR) is 220 cm³/mol. The second-order valence-electron chi connectivity index (χ2n) is 16.0. The Balaban J connectivity index is 4.25. The van der Waals surface area contributed by atoms with Gasteiger partial charge in [0, 0.05) is 19.3 Å². The standard InChI is InChI=1S/C45H83NO7/c1-6-8-10-12-14-16-18-19-20-21-22-23-24-25-26-28-29-31-33-35-43(47)52-40-41(39-51-38-37-42(45(49)50)46(3,4)5)53-44(48)36-34-32-30-27-17-15-13-11-9-7-2/h14,16,18-19,41-42H,6-13,15,17,20-40H2,1-5H3/p+1/b16-14+,19-18+. The molecule has 0 aromatic heterocycles. The zero-order valence-electron chi connectivity index (χ0n) is 35.2. The van der Waals surface area contributed by atoms with Gasteiger partial charge in [0.15, 0.2) is 12.1 Å². The molecule has 0 aromatic rings. The number of rotatable bonds is 39. The van der Waals surface area contributed by atoms with Crippen molar-refractivity contribution in [1.29, 1.82) is 0 Å². The van der Waals surface area contributed by atoms with E-state index in [9.17, 15) is 19.5 Å². The highest BCUT2D eigenvalue weighted by Gasteiger charge is 2.31. The maximum atomic E-state index is 12.7. The second-order valence-corrected chi connectivity index (χ2v) is 16.0. The van der Waals surface area contributed by atoms with E-state index in [2.05, 4.69) is 38.2 Å². The Bertz CT molecular complexity index is 926. The van der Waals surface area contributed by atoms with Crippen LogP contribution in [-0.2, 0) is 28.6 Å². The molecule has 8 heteroatoms. The molecule has 2 unspecified atom stereocenters. The van der Waals surface area contributed by atoms with Crippen LogP contribution in [0.5, 0.6) is 0 Å². The minimum absolute atomic E-state index is 0.0489. The molecule has 0 heterocycles. The number of unbranched alkanes of at least 4 members (excludes halogenated alkanes) is 22. The SMILES string of the molecule is CCCCC/C=C/C=C/CCCCCCCCCCCCC(=O)OCC(COCCC(C(=O)O)[N+](C)(C)C)OC(=O)CCCCCCCCCCCC. The van der Waals surface area contributed by atoms with E-state index in [-0.39, 0.29) is 36.2 Å². The van der Waals surface area contributed by atoms with Gasteiger partial charge in [0.1, 0.15) is 6.61 Å². The largest absolute Gasteiger partial charge is 0.477 e. The minimum Gasteiger partial charge on any atom is -0.477 e. The van der Waals surface area contributed by atoms with Crippen molar-refractivity contribution in [3.05, 3.63) is 24.3 Å². The van der Waals surface area contributed by atoms with E-state index in [4.69, 9.17) is 14.2 Å². The van der Waals surface area contributed by atoms with E-state index < -0.39 is 18.1 Å². The van der Waals surface area contributed by atoms with Crippen LogP contribution in [-0.4, -0.2) is 80.6 Å². The molecule has 0 aliphatic rings. The van der Waals surface area contributed by atoms with Gasteiger partial charge >= 0.3 is 17.9 Å². The maximum absolute atomic E-state index is 12.7. The van der Waals surface area contributed by atoms with Gasteiger partial charge < -0.3 is 23.8 Å². The van der Waals surface area contributed by atoms with Gasteiger partial charge in [0.2, 0.25) is 0 Å². The number of nitrogens with zero attached hydrogens (tertiary/aromatic N) is 1. The van der Waals surface area contributed by atoms with Crippen LogP contribution in [0.25, 0.3) is 0 Å². The molecular formula is C45H84NO7+. The summed E-state index contributed by atoms with van der Waals surface area (Å²) >= 11 is 0. The van der Waals surface area contributed by atoms with Crippen LogP contribution in [0.15, 0.2) is 24.3 Å². The summed E-state index contributed by atoms with van der Waals surface area (Å²) in [6.07, 6.45) is 39.3. The first kappa shape index (κ1) is 50.8. The summed E-state index contributed by atoms with van der Waals surface area (Å²) in [7, 11) is 5.52. The van der Waals surface area contributed by atoms with Crippen LogP contribution in [0.4, 0.5) is 0 Å². The molecule has 0 amide bonds. The van der Waals surface area contributed by atoms with Crippen LogP contribution in [0.1, 0.15) is 194 Å². The fraction of sp³-hybridized carbons (Fsp3) is 0.844. The van der Waals surface area contributed by atoms with E-state index in [1.807, 2.05) is 21.1 Å². The van der Waals surface area contributed by atoms with E-state index in [0.717, 1.165) is 38.5 Å². The van der Waals surface area contributed by atoms with E-state index >= 15 is 0 Å². The van der Waals surface area contributed by atoms with Crippen molar-refractivity contribution >= 4 is 17.9 Å². The molecule has 0 saturated heterocycles. The van der Waals surface area contributed by atoms with Gasteiger partial charge in [-0.15, -0.1) is 0 Å². The van der Waals surface area contributed by atoms with Gasteiger partial charge in [-0.3, -0.25) is 9.59 Å². The van der Waals surface area contributed by atoms with Crippen molar-refractivity contribution in [3.63, 3.8) is 0 Å². The molecule has 0 radical (unpaired) electrons. The van der Waals surface area contributed by atoms with E-state index in [0.29, 0.717) is 19.3 Å². The third kappa shape index (κ3) is 35.3. The normalized spacial score (nSPS) is 13.2. The van der Waals surface area contributed by atoms with Crippen LogP contribution in [0.2, 0.25) is 0 Å². The summed E-state index contributed by atoms with van der Waals surface area (Å²) in [5.41, 5.74) is 0. The molecule has 0 rings (SSSR count). The smallest absolute Gasteiger partial charge is 0.362 e. The average molecular weight is 751 g/mol. The van der Waals surface area contributed by atoms with Gasteiger partial charge in [-0.25, -0.2) is 4.79 Å². The fourth-order valence-corrected chi connectivity index (χ4v) is 6.44. The first-order valence-electron chi connectivity index (χ1n) is 21.9. The molecule has 53 heavy (non-hydrogen) atoms. The summed E-state index contributed by atoms with van der Waals surface area (Å²) < 4.78 is 17.2. The highest BCUT2D eigenvalue weighted by atomic mass is 16.6. The zero-order valence-corrected chi connectivity index (χ0v) is 35.2. The van der Waals surface area contributed by atoms with Crippen molar-refractivity contribution < 1.29 is 38.2 Å². The lowest BCUT2D eigenvalue weighted by Crippen LogP contribution is -2.50. The maximum Gasteiger partial charge on any atom is 0.362 e. The Morgan fingerprint density at radius 3 is 1.45 bits per heavy atom.